The highest BCUT2D eigenvalue weighted by Crippen LogP contribution is 2.30. The van der Waals surface area contributed by atoms with E-state index >= 15 is 0 Å². The van der Waals surface area contributed by atoms with E-state index in [0.29, 0.717) is 11.6 Å². The van der Waals surface area contributed by atoms with Crippen LogP contribution in [0.15, 0.2) is 24.3 Å². The third kappa shape index (κ3) is 6.06. The summed E-state index contributed by atoms with van der Waals surface area (Å²) in [6, 6.07) is 7.21. The highest BCUT2D eigenvalue weighted by molar-refractivity contribution is 6.30. The van der Waals surface area contributed by atoms with Gasteiger partial charge in [0.15, 0.2) is 0 Å². The maximum atomic E-state index is 11.8. The minimum Gasteiger partial charge on any atom is -0.325 e. The van der Waals surface area contributed by atoms with Crippen molar-refractivity contribution in [3.05, 3.63) is 29.3 Å². The lowest BCUT2D eigenvalue weighted by Gasteiger charge is -2.26. The van der Waals surface area contributed by atoms with E-state index in [1.54, 1.807) is 12.1 Å². The van der Waals surface area contributed by atoms with Crippen LogP contribution in [0.3, 0.4) is 0 Å². The van der Waals surface area contributed by atoms with Crippen LogP contribution in [0.1, 0.15) is 39.0 Å². The average molecular weight is 309 g/mol. The summed E-state index contributed by atoms with van der Waals surface area (Å²) >= 11 is 5.89. The maximum absolute atomic E-state index is 11.8. The molecule has 1 amide bonds. The largest absolute Gasteiger partial charge is 0.325 e. The van der Waals surface area contributed by atoms with Gasteiger partial charge in [-0.3, -0.25) is 4.79 Å². The first-order valence-corrected chi connectivity index (χ1v) is 8.27. The fraction of sp³-hybridized carbons (Fsp3) is 0.588. The Hall–Kier alpha value is -1.06. The average Bonchev–Trinajstić information content (AvgIpc) is 2.44. The molecule has 2 unspecified atom stereocenters. The topological polar surface area (TPSA) is 41.1 Å². The third-order valence-corrected chi connectivity index (χ3v) is 4.40. The molecule has 116 valence electrons. The zero-order valence-corrected chi connectivity index (χ0v) is 13.5. The van der Waals surface area contributed by atoms with Gasteiger partial charge in [0.1, 0.15) is 0 Å². The molecule has 0 saturated heterocycles. The first kappa shape index (κ1) is 16.3. The summed E-state index contributed by atoms with van der Waals surface area (Å²) in [5.74, 6) is 1.68. The van der Waals surface area contributed by atoms with Crippen LogP contribution in [-0.4, -0.2) is 19.0 Å². The highest BCUT2D eigenvalue weighted by Gasteiger charge is 2.18. The zero-order chi connectivity index (χ0) is 15.1. The van der Waals surface area contributed by atoms with E-state index in [4.69, 9.17) is 11.6 Å². The molecular formula is C17H25ClN2O. The van der Waals surface area contributed by atoms with Crippen molar-refractivity contribution >= 4 is 23.2 Å². The Kier molecular flexibility index (Phi) is 6.52. The minimum atomic E-state index is -0.0192. The van der Waals surface area contributed by atoms with Gasteiger partial charge in [-0.15, -0.1) is 0 Å². The molecule has 1 saturated carbocycles. The molecule has 2 rings (SSSR count). The minimum absolute atomic E-state index is 0.0192. The molecular weight excluding hydrogens is 284 g/mol. The van der Waals surface area contributed by atoms with Crippen molar-refractivity contribution < 1.29 is 4.79 Å². The number of benzene rings is 1. The van der Waals surface area contributed by atoms with E-state index in [1.165, 1.54) is 32.1 Å². The van der Waals surface area contributed by atoms with E-state index in [2.05, 4.69) is 17.6 Å². The van der Waals surface area contributed by atoms with E-state index in [-0.39, 0.29) is 5.91 Å². The molecule has 2 N–H and O–H groups in total. The molecule has 0 bridgehead atoms. The van der Waals surface area contributed by atoms with Crippen molar-refractivity contribution in [3.8, 4) is 0 Å². The second-order valence-corrected chi connectivity index (χ2v) is 6.60. The SMILES string of the molecule is CC1CCCC(CCNCC(=O)Nc2cccc(Cl)c2)C1. The van der Waals surface area contributed by atoms with Crippen molar-refractivity contribution in [2.45, 2.75) is 39.0 Å². The summed E-state index contributed by atoms with van der Waals surface area (Å²) in [6.07, 6.45) is 6.61. The predicted molar refractivity (Wildman–Crippen MR) is 88.7 cm³/mol. The standard InChI is InChI=1S/C17H25ClN2O/c1-13-4-2-5-14(10-13)8-9-19-12-17(21)20-16-7-3-6-15(18)11-16/h3,6-7,11,13-14,19H,2,4-5,8-10,12H2,1H3,(H,20,21). The van der Waals surface area contributed by atoms with Gasteiger partial charge < -0.3 is 10.6 Å². The van der Waals surface area contributed by atoms with Gasteiger partial charge in [0, 0.05) is 10.7 Å². The number of amides is 1. The lowest BCUT2D eigenvalue weighted by molar-refractivity contribution is -0.115. The summed E-state index contributed by atoms with van der Waals surface area (Å²) in [4.78, 5) is 11.8. The van der Waals surface area contributed by atoms with Gasteiger partial charge in [0.2, 0.25) is 5.91 Å². The van der Waals surface area contributed by atoms with Crippen LogP contribution in [0, 0.1) is 11.8 Å². The molecule has 4 heteroatoms. The first-order chi connectivity index (χ1) is 10.1. The first-order valence-electron chi connectivity index (χ1n) is 7.89. The van der Waals surface area contributed by atoms with Gasteiger partial charge in [-0.25, -0.2) is 0 Å². The van der Waals surface area contributed by atoms with Gasteiger partial charge in [0.25, 0.3) is 0 Å². The molecule has 3 nitrogen and oxygen atoms in total. The second kappa shape index (κ2) is 8.40. The smallest absolute Gasteiger partial charge is 0.238 e. The van der Waals surface area contributed by atoms with Crippen LogP contribution in [0.5, 0.6) is 0 Å². The monoisotopic (exact) mass is 308 g/mol. The van der Waals surface area contributed by atoms with Gasteiger partial charge in [-0.2, -0.15) is 0 Å². The molecule has 1 aliphatic carbocycles. The number of nitrogens with one attached hydrogen (secondary N) is 2. The Morgan fingerprint density at radius 3 is 3.00 bits per heavy atom. The van der Waals surface area contributed by atoms with Crippen LogP contribution in [0.4, 0.5) is 5.69 Å². The van der Waals surface area contributed by atoms with Crippen LogP contribution in [-0.2, 0) is 4.79 Å². The van der Waals surface area contributed by atoms with E-state index < -0.39 is 0 Å². The van der Waals surface area contributed by atoms with Crippen molar-refractivity contribution in [1.82, 2.24) is 5.32 Å². The molecule has 21 heavy (non-hydrogen) atoms. The Morgan fingerprint density at radius 2 is 2.24 bits per heavy atom. The highest BCUT2D eigenvalue weighted by atomic mass is 35.5. The Bertz CT molecular complexity index is 464. The molecule has 1 aromatic rings. The zero-order valence-electron chi connectivity index (χ0n) is 12.7. The molecule has 2 atom stereocenters. The Balaban J connectivity index is 1.61. The summed E-state index contributed by atoms with van der Waals surface area (Å²) in [6.45, 7) is 3.62. The summed E-state index contributed by atoms with van der Waals surface area (Å²) < 4.78 is 0. The predicted octanol–water partition coefficient (Wildman–Crippen LogP) is 4.08. The summed E-state index contributed by atoms with van der Waals surface area (Å²) in [5, 5.41) is 6.71. The van der Waals surface area contributed by atoms with Crippen LogP contribution < -0.4 is 10.6 Å². The van der Waals surface area contributed by atoms with Gasteiger partial charge >= 0.3 is 0 Å². The maximum Gasteiger partial charge on any atom is 0.238 e. The molecule has 1 aliphatic rings. The van der Waals surface area contributed by atoms with E-state index in [9.17, 15) is 4.79 Å². The van der Waals surface area contributed by atoms with Gasteiger partial charge in [-0.05, 0) is 49.4 Å². The number of carbonyl (C=O) groups is 1. The lowest BCUT2D eigenvalue weighted by Crippen LogP contribution is -2.30. The van der Waals surface area contributed by atoms with E-state index in [0.717, 1.165) is 24.1 Å². The molecule has 0 radical (unpaired) electrons. The number of halogens is 1. The number of hydrogen-bond acceptors (Lipinski definition) is 2. The van der Waals surface area contributed by atoms with Crippen molar-refractivity contribution in [1.29, 1.82) is 0 Å². The van der Waals surface area contributed by atoms with Crippen molar-refractivity contribution in [2.24, 2.45) is 11.8 Å². The molecule has 0 spiro atoms. The normalized spacial score (nSPS) is 22.0. The third-order valence-electron chi connectivity index (χ3n) is 4.17. The molecule has 0 heterocycles. The summed E-state index contributed by atoms with van der Waals surface area (Å²) in [7, 11) is 0. The van der Waals surface area contributed by atoms with E-state index in [1.807, 2.05) is 12.1 Å². The molecule has 1 aromatic carbocycles. The Morgan fingerprint density at radius 1 is 1.38 bits per heavy atom. The van der Waals surface area contributed by atoms with Crippen molar-refractivity contribution in [2.75, 3.05) is 18.4 Å². The number of rotatable bonds is 6. The number of hydrogen-bond donors (Lipinski definition) is 2. The quantitative estimate of drug-likeness (QED) is 0.777. The fourth-order valence-electron chi connectivity index (χ4n) is 3.10. The van der Waals surface area contributed by atoms with Gasteiger partial charge in [-0.1, -0.05) is 43.9 Å². The van der Waals surface area contributed by atoms with Crippen LogP contribution in [0.2, 0.25) is 5.02 Å². The fourth-order valence-corrected chi connectivity index (χ4v) is 3.29. The summed E-state index contributed by atoms with van der Waals surface area (Å²) in [5.41, 5.74) is 0.746. The van der Waals surface area contributed by atoms with Crippen LogP contribution in [0.25, 0.3) is 0 Å². The molecule has 0 aromatic heterocycles. The molecule has 0 aliphatic heterocycles. The molecule has 1 fully saturated rings. The van der Waals surface area contributed by atoms with Crippen molar-refractivity contribution in [3.63, 3.8) is 0 Å². The number of anilines is 1. The lowest BCUT2D eigenvalue weighted by atomic mass is 9.81. The van der Waals surface area contributed by atoms with Crippen LogP contribution >= 0.6 is 11.6 Å². The van der Waals surface area contributed by atoms with Gasteiger partial charge in [0.05, 0.1) is 6.54 Å². The Labute approximate surface area is 132 Å². The number of carbonyl (C=O) groups excluding carboxylic acids is 1. The second-order valence-electron chi connectivity index (χ2n) is 6.16.